The van der Waals surface area contributed by atoms with Crippen molar-refractivity contribution in [1.82, 2.24) is 0 Å². The molecule has 0 aromatic heterocycles. The van der Waals surface area contributed by atoms with Gasteiger partial charge in [0.2, 0.25) is 0 Å². The molecule has 0 aliphatic heterocycles. The number of hydrogen-bond acceptors (Lipinski definition) is 3. The second-order valence-electron chi connectivity index (χ2n) is 7.91. The lowest BCUT2D eigenvalue weighted by molar-refractivity contribution is -0.222. The Morgan fingerprint density at radius 3 is 2.45 bits per heavy atom. The van der Waals surface area contributed by atoms with E-state index in [9.17, 15) is 5.11 Å². The van der Waals surface area contributed by atoms with Crippen molar-refractivity contribution in [2.24, 2.45) is 16.7 Å². The van der Waals surface area contributed by atoms with Crippen LogP contribution in [0.4, 0.5) is 0 Å². The predicted octanol–water partition coefficient (Wildman–Crippen LogP) is 3.15. The van der Waals surface area contributed by atoms with Gasteiger partial charge in [0.1, 0.15) is 6.10 Å². The Bertz CT molecular complexity index is 367. The molecule has 0 radical (unpaired) electrons. The highest BCUT2D eigenvalue weighted by Crippen LogP contribution is 2.66. The Kier molecular flexibility index (Phi) is 3.67. The molecule has 3 saturated carbocycles. The summed E-state index contributed by atoms with van der Waals surface area (Å²) in [5.74, 6) is 0.803. The molecular formula is C17H30O3. The summed E-state index contributed by atoms with van der Waals surface area (Å²) in [6.45, 7) is 10.0. The molecule has 3 heteroatoms. The van der Waals surface area contributed by atoms with Gasteiger partial charge in [-0.15, -0.1) is 0 Å². The molecule has 2 bridgehead atoms. The van der Waals surface area contributed by atoms with Gasteiger partial charge < -0.3 is 14.6 Å². The van der Waals surface area contributed by atoms with E-state index in [-0.39, 0.29) is 18.3 Å². The molecule has 6 unspecified atom stereocenters. The molecule has 3 rings (SSSR count). The lowest BCUT2D eigenvalue weighted by Gasteiger charge is -2.46. The van der Waals surface area contributed by atoms with Gasteiger partial charge in [-0.2, -0.15) is 0 Å². The Hall–Kier alpha value is -0.120. The summed E-state index contributed by atoms with van der Waals surface area (Å²) >= 11 is 0. The lowest BCUT2D eigenvalue weighted by atomic mass is 9.70. The molecule has 3 nitrogen and oxygen atoms in total. The van der Waals surface area contributed by atoms with Crippen LogP contribution in [-0.4, -0.2) is 36.1 Å². The summed E-state index contributed by atoms with van der Waals surface area (Å²) in [5, 5.41) is 9.87. The van der Waals surface area contributed by atoms with Crippen molar-refractivity contribution < 1.29 is 14.6 Å². The summed E-state index contributed by atoms with van der Waals surface area (Å²) < 4.78 is 12.2. The SMILES string of the molecule is CCCOC1C(O)CC1OC1CC2CCC1(C)C2(C)C. The largest absolute Gasteiger partial charge is 0.390 e. The van der Waals surface area contributed by atoms with Crippen molar-refractivity contribution in [3.63, 3.8) is 0 Å². The van der Waals surface area contributed by atoms with E-state index in [0.717, 1.165) is 25.4 Å². The number of fused-ring (bicyclic) bond motifs is 2. The van der Waals surface area contributed by atoms with Crippen molar-refractivity contribution in [1.29, 1.82) is 0 Å². The van der Waals surface area contributed by atoms with Crippen molar-refractivity contribution in [2.45, 2.75) is 84.2 Å². The van der Waals surface area contributed by atoms with E-state index in [2.05, 4.69) is 27.7 Å². The van der Waals surface area contributed by atoms with Gasteiger partial charge in [0.15, 0.2) is 0 Å². The van der Waals surface area contributed by atoms with Crippen molar-refractivity contribution in [3.05, 3.63) is 0 Å². The molecular weight excluding hydrogens is 252 g/mol. The smallest absolute Gasteiger partial charge is 0.110 e. The summed E-state index contributed by atoms with van der Waals surface area (Å²) in [7, 11) is 0. The van der Waals surface area contributed by atoms with Crippen LogP contribution in [0, 0.1) is 16.7 Å². The van der Waals surface area contributed by atoms with E-state index in [1.54, 1.807) is 0 Å². The highest BCUT2D eigenvalue weighted by Gasteiger charge is 2.63. The van der Waals surface area contributed by atoms with E-state index < -0.39 is 0 Å². The molecule has 0 amide bonds. The second kappa shape index (κ2) is 4.96. The maximum absolute atomic E-state index is 9.87. The molecule has 0 heterocycles. The van der Waals surface area contributed by atoms with E-state index in [1.165, 1.54) is 19.3 Å². The van der Waals surface area contributed by atoms with Gasteiger partial charge in [0, 0.05) is 13.0 Å². The maximum atomic E-state index is 9.87. The van der Waals surface area contributed by atoms with Crippen molar-refractivity contribution in [3.8, 4) is 0 Å². The molecule has 20 heavy (non-hydrogen) atoms. The zero-order valence-corrected chi connectivity index (χ0v) is 13.4. The average molecular weight is 282 g/mol. The fourth-order valence-electron chi connectivity index (χ4n) is 4.71. The summed E-state index contributed by atoms with van der Waals surface area (Å²) in [6.07, 6.45) is 5.59. The third-order valence-electron chi connectivity index (χ3n) is 6.79. The number of aliphatic hydroxyl groups is 1. The first-order chi connectivity index (χ1) is 9.40. The first kappa shape index (κ1) is 14.8. The molecule has 116 valence electrons. The van der Waals surface area contributed by atoms with Crippen LogP contribution in [0.1, 0.15) is 59.8 Å². The molecule has 3 aliphatic carbocycles. The number of hydrogen-bond donors (Lipinski definition) is 1. The first-order valence-electron chi connectivity index (χ1n) is 8.35. The Labute approximate surface area is 123 Å². The minimum absolute atomic E-state index is 0.0965. The van der Waals surface area contributed by atoms with Crippen LogP contribution in [0.3, 0.4) is 0 Å². The van der Waals surface area contributed by atoms with Crippen LogP contribution in [0.5, 0.6) is 0 Å². The fourth-order valence-corrected chi connectivity index (χ4v) is 4.71. The van der Waals surface area contributed by atoms with E-state index in [0.29, 0.717) is 16.9 Å². The van der Waals surface area contributed by atoms with Crippen LogP contribution in [-0.2, 0) is 9.47 Å². The third kappa shape index (κ3) is 1.97. The molecule has 3 fully saturated rings. The molecule has 0 spiro atoms. The van der Waals surface area contributed by atoms with Gasteiger partial charge >= 0.3 is 0 Å². The second-order valence-corrected chi connectivity index (χ2v) is 7.91. The Morgan fingerprint density at radius 2 is 1.95 bits per heavy atom. The van der Waals surface area contributed by atoms with Crippen LogP contribution in [0.25, 0.3) is 0 Å². The number of rotatable bonds is 5. The summed E-state index contributed by atoms with van der Waals surface area (Å²) in [4.78, 5) is 0. The Balaban J connectivity index is 1.62. The van der Waals surface area contributed by atoms with Crippen LogP contribution in [0.15, 0.2) is 0 Å². The van der Waals surface area contributed by atoms with E-state index in [4.69, 9.17) is 9.47 Å². The standard InChI is InChI=1S/C17H30O3/c1-5-8-19-15-12(18)10-13(15)20-14-9-11-6-7-17(14,4)16(11,2)3/h11-15,18H,5-10H2,1-4H3. The van der Waals surface area contributed by atoms with Gasteiger partial charge in [-0.05, 0) is 42.4 Å². The number of ether oxygens (including phenoxy) is 2. The third-order valence-corrected chi connectivity index (χ3v) is 6.79. The van der Waals surface area contributed by atoms with Crippen molar-refractivity contribution in [2.75, 3.05) is 6.61 Å². The highest BCUT2D eigenvalue weighted by atomic mass is 16.6. The van der Waals surface area contributed by atoms with Gasteiger partial charge in [-0.1, -0.05) is 27.7 Å². The molecule has 3 aliphatic rings. The zero-order chi connectivity index (χ0) is 14.5. The normalized spacial score (nSPS) is 49.4. The molecule has 0 saturated heterocycles. The first-order valence-corrected chi connectivity index (χ1v) is 8.35. The van der Waals surface area contributed by atoms with E-state index >= 15 is 0 Å². The van der Waals surface area contributed by atoms with Crippen LogP contribution in [0.2, 0.25) is 0 Å². The van der Waals surface area contributed by atoms with Gasteiger partial charge in [0.25, 0.3) is 0 Å². The molecule has 0 aromatic rings. The number of aliphatic hydroxyl groups excluding tert-OH is 1. The zero-order valence-electron chi connectivity index (χ0n) is 13.4. The van der Waals surface area contributed by atoms with Gasteiger partial charge in [-0.25, -0.2) is 0 Å². The molecule has 6 atom stereocenters. The minimum atomic E-state index is -0.328. The quantitative estimate of drug-likeness (QED) is 0.842. The predicted molar refractivity (Wildman–Crippen MR) is 78.5 cm³/mol. The lowest BCUT2D eigenvalue weighted by Crippen LogP contribution is -2.56. The monoisotopic (exact) mass is 282 g/mol. The Morgan fingerprint density at radius 1 is 1.20 bits per heavy atom. The maximum Gasteiger partial charge on any atom is 0.110 e. The van der Waals surface area contributed by atoms with Crippen LogP contribution < -0.4 is 0 Å². The van der Waals surface area contributed by atoms with Gasteiger partial charge in [0.05, 0.1) is 18.3 Å². The summed E-state index contributed by atoms with van der Waals surface area (Å²) in [6, 6.07) is 0. The molecule has 1 N–H and O–H groups in total. The van der Waals surface area contributed by atoms with Crippen molar-refractivity contribution >= 4 is 0 Å². The van der Waals surface area contributed by atoms with Gasteiger partial charge in [-0.3, -0.25) is 0 Å². The van der Waals surface area contributed by atoms with E-state index in [1.807, 2.05) is 0 Å². The fraction of sp³-hybridized carbons (Fsp3) is 1.00. The summed E-state index contributed by atoms with van der Waals surface area (Å²) in [5.41, 5.74) is 0.688. The average Bonchev–Trinajstić information content (AvgIpc) is 2.71. The minimum Gasteiger partial charge on any atom is -0.390 e. The molecule has 0 aromatic carbocycles. The highest BCUT2D eigenvalue weighted by molar-refractivity contribution is 5.11. The van der Waals surface area contributed by atoms with Crippen LogP contribution >= 0.6 is 0 Å². The topological polar surface area (TPSA) is 38.7 Å².